The van der Waals surface area contributed by atoms with Gasteiger partial charge in [0, 0.05) is 17.1 Å². The van der Waals surface area contributed by atoms with Gasteiger partial charge in [-0.3, -0.25) is 0 Å². The molecule has 17 heavy (non-hydrogen) atoms. The fraction of sp³-hybridized carbons (Fsp3) is 0.0833. The molecule has 0 spiro atoms. The van der Waals surface area contributed by atoms with Crippen LogP contribution in [0.3, 0.4) is 0 Å². The zero-order valence-electron chi connectivity index (χ0n) is 9.11. The number of hydrogen-bond acceptors (Lipinski definition) is 4. The van der Waals surface area contributed by atoms with Crippen LogP contribution in [0.1, 0.15) is 5.56 Å². The maximum Gasteiger partial charge on any atom is 0.161 e. The molecule has 0 aliphatic heterocycles. The largest absolute Gasteiger partial charge is 0.372 e. The lowest BCUT2D eigenvalue weighted by Gasteiger charge is -2.05. The van der Waals surface area contributed by atoms with Crippen molar-refractivity contribution in [3.05, 3.63) is 40.5 Å². The Morgan fingerprint density at radius 2 is 2.24 bits per heavy atom. The fourth-order valence-electron chi connectivity index (χ4n) is 1.42. The van der Waals surface area contributed by atoms with Crippen molar-refractivity contribution >= 4 is 21.7 Å². The lowest BCUT2D eigenvalue weighted by atomic mass is 10.2. The third kappa shape index (κ3) is 2.43. The van der Waals surface area contributed by atoms with Crippen LogP contribution in [0.5, 0.6) is 0 Å². The summed E-state index contributed by atoms with van der Waals surface area (Å²) >= 11 is 3.40. The number of anilines is 1. The summed E-state index contributed by atoms with van der Waals surface area (Å²) in [5.74, 6) is 1.13. The Bertz CT molecular complexity index is 589. The van der Waals surface area contributed by atoms with Gasteiger partial charge in [0.25, 0.3) is 0 Å². The molecular weight excluding hydrogens is 280 g/mol. The first-order chi connectivity index (χ1) is 8.24. The zero-order valence-corrected chi connectivity index (χ0v) is 10.7. The van der Waals surface area contributed by atoms with Gasteiger partial charge in [-0.2, -0.15) is 5.26 Å². The van der Waals surface area contributed by atoms with Gasteiger partial charge in [0.2, 0.25) is 0 Å². The second-order valence-corrected chi connectivity index (χ2v) is 4.24. The van der Waals surface area contributed by atoms with Crippen molar-refractivity contribution in [1.29, 1.82) is 5.26 Å². The Morgan fingerprint density at radius 1 is 1.41 bits per heavy atom. The number of nitrogens with zero attached hydrogens (tertiary/aromatic N) is 3. The Hall–Kier alpha value is -1.93. The third-order valence-corrected chi connectivity index (χ3v) is 2.72. The normalized spacial score (nSPS) is 9.71. The molecule has 0 bridgehead atoms. The van der Waals surface area contributed by atoms with Gasteiger partial charge < -0.3 is 5.32 Å². The highest BCUT2D eigenvalue weighted by Crippen LogP contribution is 2.21. The van der Waals surface area contributed by atoms with E-state index in [2.05, 4.69) is 31.2 Å². The molecule has 0 aliphatic rings. The Kier molecular flexibility index (Phi) is 3.35. The second kappa shape index (κ2) is 4.93. The van der Waals surface area contributed by atoms with E-state index < -0.39 is 0 Å². The first-order valence-corrected chi connectivity index (χ1v) is 5.74. The van der Waals surface area contributed by atoms with Crippen LogP contribution in [-0.4, -0.2) is 17.0 Å². The topological polar surface area (TPSA) is 61.6 Å². The molecule has 0 amide bonds. The molecule has 1 aromatic carbocycles. The van der Waals surface area contributed by atoms with Crippen molar-refractivity contribution in [2.75, 3.05) is 12.4 Å². The molecule has 0 saturated heterocycles. The molecule has 1 aromatic heterocycles. The summed E-state index contributed by atoms with van der Waals surface area (Å²) in [5.41, 5.74) is 1.34. The molecule has 0 saturated carbocycles. The molecule has 0 fully saturated rings. The molecule has 2 aromatic rings. The van der Waals surface area contributed by atoms with Crippen LogP contribution in [0.4, 0.5) is 5.82 Å². The smallest absolute Gasteiger partial charge is 0.161 e. The van der Waals surface area contributed by atoms with E-state index in [1.54, 1.807) is 7.05 Å². The van der Waals surface area contributed by atoms with E-state index in [4.69, 9.17) is 5.26 Å². The molecule has 5 heteroatoms. The van der Waals surface area contributed by atoms with Gasteiger partial charge in [-0.1, -0.05) is 28.1 Å². The molecule has 0 unspecified atom stereocenters. The SMILES string of the molecule is CNc1nc(-c2cccc(Br)c2)ncc1C#N. The monoisotopic (exact) mass is 288 g/mol. The molecule has 1 heterocycles. The molecule has 2 rings (SSSR count). The van der Waals surface area contributed by atoms with E-state index in [9.17, 15) is 0 Å². The van der Waals surface area contributed by atoms with Gasteiger partial charge in [0.1, 0.15) is 17.5 Å². The van der Waals surface area contributed by atoms with Crippen molar-refractivity contribution in [1.82, 2.24) is 9.97 Å². The maximum atomic E-state index is 8.88. The van der Waals surface area contributed by atoms with Crippen molar-refractivity contribution in [3.63, 3.8) is 0 Å². The summed E-state index contributed by atoms with van der Waals surface area (Å²) in [6, 6.07) is 9.75. The number of nitrogens with one attached hydrogen (secondary N) is 1. The van der Waals surface area contributed by atoms with Crippen LogP contribution >= 0.6 is 15.9 Å². The first kappa shape index (κ1) is 11.6. The molecule has 0 aliphatic carbocycles. The summed E-state index contributed by atoms with van der Waals surface area (Å²) in [5, 5.41) is 11.8. The highest BCUT2D eigenvalue weighted by atomic mass is 79.9. The lowest BCUT2D eigenvalue weighted by Crippen LogP contribution is -1.99. The Labute approximate surface area is 107 Å². The fourth-order valence-corrected chi connectivity index (χ4v) is 1.82. The van der Waals surface area contributed by atoms with Crippen molar-refractivity contribution in [3.8, 4) is 17.5 Å². The van der Waals surface area contributed by atoms with Gasteiger partial charge in [0.15, 0.2) is 5.82 Å². The van der Waals surface area contributed by atoms with Crippen LogP contribution in [0.15, 0.2) is 34.9 Å². The first-order valence-electron chi connectivity index (χ1n) is 4.95. The summed E-state index contributed by atoms with van der Waals surface area (Å²) < 4.78 is 0.967. The number of halogens is 1. The van der Waals surface area contributed by atoms with E-state index in [0.29, 0.717) is 17.2 Å². The maximum absolute atomic E-state index is 8.88. The highest BCUT2D eigenvalue weighted by Gasteiger charge is 2.07. The molecule has 84 valence electrons. The molecule has 4 nitrogen and oxygen atoms in total. The van der Waals surface area contributed by atoms with E-state index in [-0.39, 0.29) is 0 Å². The quantitative estimate of drug-likeness (QED) is 0.923. The zero-order chi connectivity index (χ0) is 12.3. The van der Waals surface area contributed by atoms with Gasteiger partial charge >= 0.3 is 0 Å². The number of aromatic nitrogens is 2. The van der Waals surface area contributed by atoms with Gasteiger partial charge in [-0.05, 0) is 12.1 Å². The number of nitriles is 1. The van der Waals surface area contributed by atoms with E-state index in [1.165, 1.54) is 6.20 Å². The minimum Gasteiger partial charge on any atom is -0.372 e. The minimum atomic E-state index is 0.436. The number of rotatable bonds is 2. The van der Waals surface area contributed by atoms with E-state index in [0.717, 1.165) is 10.0 Å². The minimum absolute atomic E-state index is 0.436. The van der Waals surface area contributed by atoms with E-state index >= 15 is 0 Å². The van der Waals surface area contributed by atoms with E-state index in [1.807, 2.05) is 30.3 Å². The number of hydrogen-bond donors (Lipinski definition) is 1. The van der Waals surface area contributed by atoms with Crippen LogP contribution in [0.2, 0.25) is 0 Å². The van der Waals surface area contributed by atoms with Crippen molar-refractivity contribution < 1.29 is 0 Å². The molecule has 1 N–H and O–H groups in total. The third-order valence-electron chi connectivity index (χ3n) is 2.23. The number of benzene rings is 1. The Balaban J connectivity index is 2.51. The second-order valence-electron chi connectivity index (χ2n) is 3.33. The summed E-state index contributed by atoms with van der Waals surface area (Å²) in [4.78, 5) is 8.48. The van der Waals surface area contributed by atoms with Crippen LogP contribution in [0, 0.1) is 11.3 Å². The van der Waals surface area contributed by atoms with Crippen molar-refractivity contribution in [2.24, 2.45) is 0 Å². The van der Waals surface area contributed by atoms with Crippen molar-refractivity contribution in [2.45, 2.75) is 0 Å². The van der Waals surface area contributed by atoms with Crippen LogP contribution in [0.25, 0.3) is 11.4 Å². The molecule has 0 atom stereocenters. The van der Waals surface area contributed by atoms with Crippen LogP contribution < -0.4 is 5.32 Å². The van der Waals surface area contributed by atoms with Gasteiger partial charge in [0.05, 0.1) is 6.20 Å². The molecule has 0 radical (unpaired) electrons. The van der Waals surface area contributed by atoms with Gasteiger partial charge in [-0.15, -0.1) is 0 Å². The molecular formula is C12H9BrN4. The predicted octanol–water partition coefficient (Wildman–Crippen LogP) is 2.82. The Morgan fingerprint density at radius 3 is 2.88 bits per heavy atom. The average molecular weight is 289 g/mol. The summed E-state index contributed by atoms with van der Waals surface area (Å²) in [6.45, 7) is 0. The summed E-state index contributed by atoms with van der Waals surface area (Å²) in [7, 11) is 1.73. The highest BCUT2D eigenvalue weighted by molar-refractivity contribution is 9.10. The average Bonchev–Trinajstić information content (AvgIpc) is 2.38. The predicted molar refractivity (Wildman–Crippen MR) is 69.4 cm³/mol. The van der Waals surface area contributed by atoms with Crippen LogP contribution in [-0.2, 0) is 0 Å². The summed E-state index contributed by atoms with van der Waals surface area (Å²) in [6.07, 6.45) is 1.52. The standard InChI is InChI=1S/C12H9BrN4/c1-15-11-9(6-14)7-16-12(17-11)8-3-2-4-10(13)5-8/h2-5,7H,1H3,(H,15,16,17). The van der Waals surface area contributed by atoms with Gasteiger partial charge in [-0.25, -0.2) is 9.97 Å². The lowest BCUT2D eigenvalue weighted by molar-refractivity contribution is 1.15.